The highest BCUT2D eigenvalue weighted by Gasteiger charge is 2.40. The van der Waals surface area contributed by atoms with Crippen LogP contribution >= 0.6 is 0 Å². The van der Waals surface area contributed by atoms with E-state index in [0.717, 1.165) is 24.8 Å². The van der Waals surface area contributed by atoms with Crippen molar-refractivity contribution >= 4 is 5.91 Å². The van der Waals surface area contributed by atoms with Crippen molar-refractivity contribution in [2.24, 2.45) is 11.7 Å². The minimum absolute atomic E-state index is 0.260. The van der Waals surface area contributed by atoms with Crippen molar-refractivity contribution in [3.05, 3.63) is 35.9 Å². The summed E-state index contributed by atoms with van der Waals surface area (Å²) in [5.41, 5.74) is 6.09. The van der Waals surface area contributed by atoms with Gasteiger partial charge in [0.25, 0.3) is 0 Å². The number of primary amides is 1. The van der Waals surface area contributed by atoms with Gasteiger partial charge in [0.15, 0.2) is 0 Å². The highest BCUT2D eigenvalue weighted by atomic mass is 16.1. The van der Waals surface area contributed by atoms with Gasteiger partial charge < -0.3 is 5.73 Å². The minimum Gasteiger partial charge on any atom is -0.368 e. The third-order valence-corrected chi connectivity index (χ3v) is 4.21. The van der Waals surface area contributed by atoms with Crippen molar-refractivity contribution in [2.75, 3.05) is 0 Å². The fourth-order valence-corrected chi connectivity index (χ4v) is 3.33. The molecule has 0 saturated heterocycles. The largest absolute Gasteiger partial charge is 0.368 e. The van der Waals surface area contributed by atoms with Crippen LogP contribution in [0.25, 0.3) is 0 Å². The Hall–Kier alpha value is -1.35. The number of carbonyl (C=O) groups is 1. The molecule has 1 aromatic carbocycles. The summed E-state index contributed by atoms with van der Waals surface area (Å²) in [7, 11) is 0. The first-order valence-corrected chi connectivity index (χ1v) is 7.68. The number of nitrogens with one attached hydrogen (secondary N) is 1. The van der Waals surface area contributed by atoms with Gasteiger partial charge in [0.1, 0.15) is 5.54 Å². The molecule has 2 rings (SSSR count). The molecule has 0 heterocycles. The van der Waals surface area contributed by atoms with E-state index in [1.807, 2.05) is 30.3 Å². The van der Waals surface area contributed by atoms with Gasteiger partial charge in [-0.15, -0.1) is 0 Å². The SMILES string of the molecule is CC(C)CC(NC1CCCC1)(C(N)=O)c1ccccc1. The lowest BCUT2D eigenvalue weighted by atomic mass is 9.80. The lowest BCUT2D eigenvalue weighted by Gasteiger charge is -2.36. The van der Waals surface area contributed by atoms with Gasteiger partial charge in [-0.25, -0.2) is 0 Å². The van der Waals surface area contributed by atoms with Crippen LogP contribution in [0, 0.1) is 5.92 Å². The number of amides is 1. The zero-order chi connectivity index (χ0) is 14.6. The van der Waals surface area contributed by atoms with Gasteiger partial charge in [-0.2, -0.15) is 0 Å². The van der Waals surface area contributed by atoms with Crippen LogP contribution in [0.4, 0.5) is 0 Å². The first-order valence-electron chi connectivity index (χ1n) is 7.68. The lowest BCUT2D eigenvalue weighted by Crippen LogP contribution is -2.56. The molecule has 3 heteroatoms. The third-order valence-electron chi connectivity index (χ3n) is 4.21. The zero-order valence-corrected chi connectivity index (χ0v) is 12.6. The highest BCUT2D eigenvalue weighted by molar-refractivity contribution is 5.86. The molecule has 1 aromatic rings. The van der Waals surface area contributed by atoms with Gasteiger partial charge in [0, 0.05) is 6.04 Å². The molecule has 1 fully saturated rings. The van der Waals surface area contributed by atoms with Crippen LogP contribution in [-0.2, 0) is 10.3 Å². The summed E-state index contributed by atoms with van der Waals surface area (Å²) in [6.07, 6.45) is 5.49. The second kappa shape index (κ2) is 6.40. The molecule has 0 aliphatic heterocycles. The Morgan fingerprint density at radius 2 is 1.90 bits per heavy atom. The Morgan fingerprint density at radius 1 is 1.30 bits per heavy atom. The molecule has 20 heavy (non-hydrogen) atoms. The summed E-state index contributed by atoms with van der Waals surface area (Å²) in [5, 5.41) is 3.60. The molecule has 3 nitrogen and oxygen atoms in total. The van der Waals surface area contributed by atoms with E-state index in [4.69, 9.17) is 5.73 Å². The van der Waals surface area contributed by atoms with Crippen molar-refractivity contribution in [2.45, 2.75) is 57.5 Å². The van der Waals surface area contributed by atoms with Crippen LogP contribution < -0.4 is 11.1 Å². The summed E-state index contributed by atoms with van der Waals surface area (Å²) in [6.45, 7) is 4.27. The van der Waals surface area contributed by atoms with E-state index >= 15 is 0 Å². The molecule has 0 aromatic heterocycles. The molecule has 1 unspecified atom stereocenters. The van der Waals surface area contributed by atoms with Crippen molar-refractivity contribution < 1.29 is 4.79 Å². The summed E-state index contributed by atoms with van der Waals surface area (Å²) in [4.78, 5) is 12.3. The van der Waals surface area contributed by atoms with Crippen LogP contribution in [0.1, 0.15) is 51.5 Å². The zero-order valence-electron chi connectivity index (χ0n) is 12.6. The normalized spacial score (nSPS) is 19.1. The van der Waals surface area contributed by atoms with E-state index < -0.39 is 5.54 Å². The van der Waals surface area contributed by atoms with E-state index in [2.05, 4.69) is 19.2 Å². The summed E-state index contributed by atoms with van der Waals surface area (Å²) < 4.78 is 0. The maximum Gasteiger partial charge on any atom is 0.242 e. The minimum atomic E-state index is -0.732. The molecular formula is C17H26N2O. The quantitative estimate of drug-likeness (QED) is 0.838. The maximum atomic E-state index is 12.3. The maximum absolute atomic E-state index is 12.3. The van der Waals surface area contributed by atoms with Gasteiger partial charge in [0.05, 0.1) is 0 Å². The molecule has 3 N–H and O–H groups in total. The van der Waals surface area contributed by atoms with E-state index in [1.54, 1.807) is 0 Å². The number of benzene rings is 1. The van der Waals surface area contributed by atoms with Crippen molar-refractivity contribution in [3.8, 4) is 0 Å². The summed E-state index contributed by atoms with van der Waals surface area (Å²) in [6, 6.07) is 10.3. The second-order valence-corrected chi connectivity index (χ2v) is 6.36. The Labute approximate surface area is 121 Å². The number of nitrogens with two attached hydrogens (primary N) is 1. The van der Waals surface area contributed by atoms with Gasteiger partial charge in [-0.05, 0) is 30.7 Å². The van der Waals surface area contributed by atoms with Gasteiger partial charge in [-0.3, -0.25) is 10.1 Å². The number of hydrogen-bond acceptors (Lipinski definition) is 2. The van der Waals surface area contributed by atoms with Crippen LogP contribution in [-0.4, -0.2) is 11.9 Å². The Morgan fingerprint density at radius 3 is 2.40 bits per heavy atom. The number of hydrogen-bond donors (Lipinski definition) is 2. The average Bonchev–Trinajstić information content (AvgIpc) is 2.91. The monoisotopic (exact) mass is 274 g/mol. The topological polar surface area (TPSA) is 55.1 Å². The van der Waals surface area contributed by atoms with E-state index in [-0.39, 0.29) is 5.91 Å². The number of carbonyl (C=O) groups excluding carboxylic acids is 1. The van der Waals surface area contributed by atoms with Crippen LogP contribution in [0.5, 0.6) is 0 Å². The fraction of sp³-hybridized carbons (Fsp3) is 0.588. The third kappa shape index (κ3) is 3.21. The Kier molecular flexibility index (Phi) is 4.81. The second-order valence-electron chi connectivity index (χ2n) is 6.36. The molecule has 0 radical (unpaired) electrons. The number of rotatable bonds is 6. The molecule has 1 aliphatic carbocycles. The molecule has 0 spiro atoms. The van der Waals surface area contributed by atoms with Crippen molar-refractivity contribution in [1.82, 2.24) is 5.32 Å². The lowest BCUT2D eigenvalue weighted by molar-refractivity contribution is -0.126. The van der Waals surface area contributed by atoms with Crippen molar-refractivity contribution in [3.63, 3.8) is 0 Å². The van der Waals surface area contributed by atoms with Crippen LogP contribution in [0.2, 0.25) is 0 Å². The molecule has 110 valence electrons. The summed E-state index contributed by atoms with van der Waals surface area (Å²) in [5.74, 6) is 0.140. The Balaban J connectivity index is 2.35. The molecule has 0 bridgehead atoms. The first kappa shape index (κ1) is 15.0. The first-order chi connectivity index (χ1) is 9.54. The van der Waals surface area contributed by atoms with E-state index in [9.17, 15) is 4.79 Å². The summed E-state index contributed by atoms with van der Waals surface area (Å²) >= 11 is 0. The smallest absolute Gasteiger partial charge is 0.242 e. The molecule has 1 amide bonds. The molecule has 1 atom stereocenters. The van der Waals surface area contributed by atoms with Gasteiger partial charge in [0.2, 0.25) is 5.91 Å². The van der Waals surface area contributed by atoms with Crippen LogP contribution in [0.3, 0.4) is 0 Å². The molecule has 1 aliphatic rings. The fourth-order valence-electron chi connectivity index (χ4n) is 3.33. The van der Waals surface area contributed by atoms with Gasteiger partial charge in [-0.1, -0.05) is 57.0 Å². The van der Waals surface area contributed by atoms with E-state index in [1.165, 1.54) is 12.8 Å². The van der Waals surface area contributed by atoms with Gasteiger partial charge >= 0.3 is 0 Å². The predicted octanol–water partition coefficient (Wildman–Crippen LogP) is 2.95. The average molecular weight is 274 g/mol. The van der Waals surface area contributed by atoms with Crippen molar-refractivity contribution in [1.29, 1.82) is 0 Å². The predicted molar refractivity (Wildman–Crippen MR) is 82.2 cm³/mol. The standard InChI is InChI=1S/C17H26N2O/c1-13(2)12-17(16(18)20,14-8-4-3-5-9-14)19-15-10-6-7-11-15/h3-5,8-9,13,15,19H,6-7,10-12H2,1-2H3,(H2,18,20). The molecular weight excluding hydrogens is 248 g/mol. The highest BCUT2D eigenvalue weighted by Crippen LogP contribution is 2.32. The molecule has 1 saturated carbocycles. The van der Waals surface area contributed by atoms with E-state index in [0.29, 0.717) is 12.0 Å². The Bertz CT molecular complexity index is 438. The van der Waals surface area contributed by atoms with Crippen LogP contribution in [0.15, 0.2) is 30.3 Å².